The smallest absolute Gasteiger partial charge is 0.159 e. The van der Waals surface area contributed by atoms with E-state index in [-0.39, 0.29) is 0 Å². The van der Waals surface area contributed by atoms with Crippen LogP contribution in [0.4, 0.5) is 0 Å². The summed E-state index contributed by atoms with van der Waals surface area (Å²) in [6.45, 7) is 5.12. The van der Waals surface area contributed by atoms with Crippen LogP contribution in [0.1, 0.15) is 71.6 Å². The lowest BCUT2D eigenvalue weighted by Crippen LogP contribution is -2.53. The van der Waals surface area contributed by atoms with Crippen molar-refractivity contribution in [1.29, 1.82) is 0 Å². The minimum Gasteiger partial charge on any atom is -0.295 e. The van der Waals surface area contributed by atoms with Crippen LogP contribution in [-0.2, 0) is 4.79 Å². The van der Waals surface area contributed by atoms with Crippen LogP contribution in [0, 0.1) is 46.3 Å². The Bertz CT molecular complexity index is 562. The van der Waals surface area contributed by atoms with Crippen molar-refractivity contribution in [2.75, 3.05) is 0 Å². The molecule has 0 radical (unpaired) electrons. The van der Waals surface area contributed by atoms with Crippen molar-refractivity contribution < 1.29 is 4.79 Å². The standard InChI is InChI=1S/C22H32O/c1-14-7-10-21(2)15(13-14)3-4-16-17(21)8-11-22-12-9-20(23)19(22)6-5-18(16)22/h9,12,14-19H,3-8,10-11,13H2,1-2H3/t14-,15+,16?,17?,18?,19-,21+,22-/m1/s1. The van der Waals surface area contributed by atoms with E-state index in [1.807, 2.05) is 6.08 Å². The Balaban J connectivity index is 1.48. The average Bonchev–Trinajstić information content (AvgIpc) is 3.06. The minimum atomic E-state index is 0.295. The van der Waals surface area contributed by atoms with E-state index in [2.05, 4.69) is 19.9 Å². The molecule has 0 aromatic carbocycles. The number of rotatable bonds is 0. The molecule has 0 heterocycles. The van der Waals surface area contributed by atoms with E-state index >= 15 is 0 Å². The number of allylic oxidation sites excluding steroid dienone is 2. The van der Waals surface area contributed by atoms with Gasteiger partial charge >= 0.3 is 0 Å². The highest BCUT2D eigenvalue weighted by Crippen LogP contribution is 2.69. The van der Waals surface area contributed by atoms with Crippen molar-refractivity contribution in [1.82, 2.24) is 0 Å². The maximum atomic E-state index is 12.3. The van der Waals surface area contributed by atoms with Gasteiger partial charge in [0.15, 0.2) is 5.78 Å². The van der Waals surface area contributed by atoms with Crippen LogP contribution in [-0.4, -0.2) is 5.78 Å². The van der Waals surface area contributed by atoms with Crippen molar-refractivity contribution in [2.24, 2.45) is 46.3 Å². The summed E-state index contributed by atoms with van der Waals surface area (Å²) in [6, 6.07) is 0. The van der Waals surface area contributed by atoms with E-state index in [0.717, 1.165) is 29.6 Å². The number of hydrogen-bond acceptors (Lipinski definition) is 1. The van der Waals surface area contributed by atoms with Gasteiger partial charge in [0.25, 0.3) is 0 Å². The van der Waals surface area contributed by atoms with Crippen LogP contribution < -0.4 is 0 Å². The Labute approximate surface area is 141 Å². The second-order valence-electron chi connectivity index (χ2n) is 10.1. The molecule has 0 saturated heterocycles. The molecule has 126 valence electrons. The molecular weight excluding hydrogens is 280 g/mol. The molecule has 5 aliphatic carbocycles. The van der Waals surface area contributed by atoms with Gasteiger partial charge in [-0.3, -0.25) is 4.79 Å². The quantitative estimate of drug-likeness (QED) is 0.585. The molecule has 1 spiro atoms. The average molecular weight is 312 g/mol. The maximum absolute atomic E-state index is 12.3. The summed E-state index contributed by atoms with van der Waals surface area (Å²) in [7, 11) is 0. The topological polar surface area (TPSA) is 17.1 Å². The van der Waals surface area contributed by atoms with Gasteiger partial charge in [0.05, 0.1) is 0 Å². The first-order chi connectivity index (χ1) is 11.0. The zero-order chi connectivity index (χ0) is 15.8. The van der Waals surface area contributed by atoms with Gasteiger partial charge in [-0.05, 0) is 92.4 Å². The fourth-order valence-corrected chi connectivity index (χ4v) is 8.28. The summed E-state index contributed by atoms with van der Waals surface area (Å²) in [5.41, 5.74) is 0.908. The van der Waals surface area contributed by atoms with E-state index in [0.29, 0.717) is 22.5 Å². The first-order valence-corrected chi connectivity index (χ1v) is 10.3. The van der Waals surface area contributed by atoms with E-state index in [1.54, 1.807) is 0 Å². The third-order valence-corrected chi connectivity index (χ3v) is 9.42. The Morgan fingerprint density at radius 2 is 1.87 bits per heavy atom. The highest BCUT2D eigenvalue weighted by atomic mass is 16.1. The van der Waals surface area contributed by atoms with Crippen LogP contribution in [0.2, 0.25) is 0 Å². The van der Waals surface area contributed by atoms with Crippen LogP contribution in [0.5, 0.6) is 0 Å². The Kier molecular flexibility index (Phi) is 3.03. The first-order valence-electron chi connectivity index (χ1n) is 10.3. The maximum Gasteiger partial charge on any atom is 0.159 e. The van der Waals surface area contributed by atoms with Crippen LogP contribution in [0.25, 0.3) is 0 Å². The first kappa shape index (κ1) is 14.7. The highest BCUT2D eigenvalue weighted by Gasteiger charge is 2.62. The number of fused-ring (bicyclic) bond motifs is 4. The Hall–Kier alpha value is -0.590. The number of carbonyl (C=O) groups is 1. The third-order valence-electron chi connectivity index (χ3n) is 9.42. The van der Waals surface area contributed by atoms with Gasteiger partial charge in [-0.1, -0.05) is 26.3 Å². The van der Waals surface area contributed by atoms with Gasteiger partial charge in [0.2, 0.25) is 0 Å². The summed E-state index contributed by atoms with van der Waals surface area (Å²) in [5.74, 6) is 5.45. The van der Waals surface area contributed by atoms with Gasteiger partial charge in [-0.25, -0.2) is 0 Å². The summed E-state index contributed by atoms with van der Waals surface area (Å²) in [6.07, 6.45) is 16.9. The van der Waals surface area contributed by atoms with Crippen molar-refractivity contribution in [3.8, 4) is 0 Å². The molecule has 0 amide bonds. The molecule has 3 unspecified atom stereocenters. The fraction of sp³-hybridized carbons (Fsp3) is 0.864. The SMILES string of the molecule is C[C@@H]1CC[C@]2(C)C3CC[C@]45C=CC(=O)[C@H]4CCC5C3CC[C@H]2C1. The predicted octanol–water partition coefficient (Wildman–Crippen LogP) is 5.40. The summed E-state index contributed by atoms with van der Waals surface area (Å²) in [5, 5.41) is 0. The van der Waals surface area contributed by atoms with Crippen LogP contribution in [0.3, 0.4) is 0 Å². The highest BCUT2D eigenvalue weighted by molar-refractivity contribution is 5.95. The molecular formula is C22H32O. The zero-order valence-electron chi connectivity index (χ0n) is 14.9. The number of carbonyl (C=O) groups excluding carboxylic acids is 1. The molecule has 4 fully saturated rings. The fourth-order valence-electron chi connectivity index (χ4n) is 8.28. The van der Waals surface area contributed by atoms with Gasteiger partial charge in [-0.15, -0.1) is 0 Å². The number of ketones is 1. The normalized spacial score (nSPS) is 57.6. The summed E-state index contributed by atoms with van der Waals surface area (Å²) in [4.78, 5) is 12.3. The lowest BCUT2D eigenvalue weighted by Gasteiger charge is -2.60. The van der Waals surface area contributed by atoms with Crippen molar-refractivity contribution in [2.45, 2.75) is 71.6 Å². The molecule has 5 rings (SSSR count). The van der Waals surface area contributed by atoms with E-state index in [9.17, 15) is 4.79 Å². The van der Waals surface area contributed by atoms with Gasteiger partial charge in [0.1, 0.15) is 0 Å². The van der Waals surface area contributed by atoms with E-state index in [1.165, 1.54) is 57.8 Å². The molecule has 1 heteroatoms. The molecule has 23 heavy (non-hydrogen) atoms. The predicted molar refractivity (Wildman–Crippen MR) is 92.9 cm³/mol. The summed E-state index contributed by atoms with van der Waals surface area (Å²) < 4.78 is 0. The lowest BCUT2D eigenvalue weighted by molar-refractivity contribution is -0.126. The molecule has 0 aromatic rings. The monoisotopic (exact) mass is 312 g/mol. The summed E-state index contributed by atoms with van der Waals surface area (Å²) >= 11 is 0. The van der Waals surface area contributed by atoms with Gasteiger partial charge in [0, 0.05) is 11.3 Å². The Morgan fingerprint density at radius 1 is 1.00 bits per heavy atom. The van der Waals surface area contributed by atoms with Crippen LogP contribution in [0.15, 0.2) is 12.2 Å². The lowest BCUT2D eigenvalue weighted by atomic mass is 9.44. The van der Waals surface area contributed by atoms with Crippen LogP contribution >= 0.6 is 0 Å². The van der Waals surface area contributed by atoms with Crippen molar-refractivity contribution in [3.05, 3.63) is 12.2 Å². The molecule has 0 bridgehead atoms. The second-order valence-corrected chi connectivity index (χ2v) is 10.1. The molecule has 8 atom stereocenters. The molecule has 1 nitrogen and oxygen atoms in total. The molecule has 5 aliphatic rings. The van der Waals surface area contributed by atoms with E-state index < -0.39 is 0 Å². The molecule has 4 saturated carbocycles. The molecule has 0 aliphatic heterocycles. The van der Waals surface area contributed by atoms with E-state index in [4.69, 9.17) is 0 Å². The largest absolute Gasteiger partial charge is 0.295 e. The third kappa shape index (κ3) is 1.78. The van der Waals surface area contributed by atoms with Gasteiger partial charge in [-0.2, -0.15) is 0 Å². The molecule has 0 N–H and O–H groups in total. The minimum absolute atomic E-state index is 0.295. The van der Waals surface area contributed by atoms with Crippen molar-refractivity contribution >= 4 is 5.78 Å². The number of hydrogen-bond donors (Lipinski definition) is 0. The van der Waals surface area contributed by atoms with Crippen molar-refractivity contribution in [3.63, 3.8) is 0 Å². The second kappa shape index (κ2) is 4.73. The van der Waals surface area contributed by atoms with Gasteiger partial charge < -0.3 is 0 Å². The molecule has 0 aromatic heterocycles. The Morgan fingerprint density at radius 3 is 2.74 bits per heavy atom. The zero-order valence-corrected chi connectivity index (χ0v) is 14.9.